The third-order valence-electron chi connectivity index (χ3n) is 2.80. The Morgan fingerprint density at radius 1 is 1.21 bits per heavy atom. The second-order valence-corrected chi connectivity index (χ2v) is 4.18. The van der Waals surface area contributed by atoms with Crippen molar-refractivity contribution in [3.63, 3.8) is 0 Å². The van der Waals surface area contributed by atoms with Gasteiger partial charge in [-0.3, -0.25) is 4.79 Å². The molecule has 2 rings (SSSR count). The van der Waals surface area contributed by atoms with Crippen molar-refractivity contribution in [2.45, 2.75) is 18.9 Å². The zero-order chi connectivity index (χ0) is 13.7. The minimum absolute atomic E-state index is 0.0485. The van der Waals surface area contributed by atoms with Gasteiger partial charge >= 0.3 is 5.97 Å². The molecule has 1 aromatic heterocycles. The fraction of sp³-hybridized carbons (Fsp3) is 0.214. The Labute approximate surface area is 110 Å². The molecule has 0 amide bonds. The second-order valence-electron chi connectivity index (χ2n) is 4.18. The van der Waals surface area contributed by atoms with Crippen molar-refractivity contribution in [1.82, 2.24) is 10.2 Å². The third-order valence-corrected chi connectivity index (χ3v) is 2.80. The Morgan fingerprint density at radius 2 is 1.95 bits per heavy atom. The lowest BCUT2D eigenvalue weighted by atomic mass is 10.0. The van der Waals surface area contributed by atoms with Gasteiger partial charge in [0.15, 0.2) is 0 Å². The first-order valence-corrected chi connectivity index (χ1v) is 5.94. The molecule has 0 saturated carbocycles. The van der Waals surface area contributed by atoms with E-state index in [0.717, 1.165) is 11.3 Å². The van der Waals surface area contributed by atoms with Gasteiger partial charge in [-0.1, -0.05) is 24.3 Å². The summed E-state index contributed by atoms with van der Waals surface area (Å²) in [6.45, 7) is 0. The maximum Gasteiger partial charge on any atom is 0.303 e. The Balaban J connectivity index is 2.08. The van der Waals surface area contributed by atoms with Crippen LogP contribution < -0.4 is 0 Å². The van der Waals surface area contributed by atoms with Gasteiger partial charge in [0.2, 0.25) is 0 Å². The summed E-state index contributed by atoms with van der Waals surface area (Å²) >= 11 is 0. The van der Waals surface area contributed by atoms with E-state index in [1.807, 2.05) is 18.2 Å². The zero-order valence-corrected chi connectivity index (χ0v) is 10.2. The van der Waals surface area contributed by atoms with Crippen molar-refractivity contribution in [1.29, 1.82) is 0 Å². The van der Waals surface area contributed by atoms with Gasteiger partial charge in [0.25, 0.3) is 0 Å². The normalized spacial score (nSPS) is 12.1. The predicted molar refractivity (Wildman–Crippen MR) is 69.3 cm³/mol. The van der Waals surface area contributed by atoms with Crippen LogP contribution in [0.15, 0.2) is 42.6 Å². The van der Waals surface area contributed by atoms with E-state index in [4.69, 9.17) is 5.11 Å². The molecule has 1 heterocycles. The van der Waals surface area contributed by atoms with Crippen LogP contribution >= 0.6 is 0 Å². The minimum atomic E-state index is -0.907. The Bertz CT molecular complexity index is 540. The first kappa shape index (κ1) is 13.2. The summed E-state index contributed by atoms with van der Waals surface area (Å²) in [5.41, 5.74) is 2.37. The summed E-state index contributed by atoms with van der Waals surface area (Å²) in [4.78, 5) is 10.4. The standard InChI is InChI=1S/C14H14N2O3/c17-13(7-8-14(18)19)11-5-3-10(4-6-11)12-2-1-9-15-16-12/h1-6,9,13,17H,7-8H2,(H,18,19). The van der Waals surface area contributed by atoms with Crippen LogP contribution in [0, 0.1) is 0 Å². The largest absolute Gasteiger partial charge is 0.481 e. The summed E-state index contributed by atoms with van der Waals surface area (Å²) < 4.78 is 0. The van der Waals surface area contributed by atoms with E-state index in [0.29, 0.717) is 5.56 Å². The Hall–Kier alpha value is -2.27. The van der Waals surface area contributed by atoms with E-state index in [-0.39, 0.29) is 12.8 Å². The molecule has 5 nitrogen and oxygen atoms in total. The molecule has 5 heteroatoms. The number of benzene rings is 1. The second kappa shape index (κ2) is 6.06. The molecule has 0 saturated heterocycles. The zero-order valence-electron chi connectivity index (χ0n) is 10.2. The van der Waals surface area contributed by atoms with E-state index in [2.05, 4.69) is 10.2 Å². The predicted octanol–water partition coefficient (Wildman–Crippen LogP) is 2.04. The quantitative estimate of drug-likeness (QED) is 0.857. The highest BCUT2D eigenvalue weighted by Gasteiger charge is 2.10. The smallest absolute Gasteiger partial charge is 0.303 e. The first-order chi connectivity index (χ1) is 9.16. The molecular weight excluding hydrogens is 244 g/mol. The summed E-state index contributed by atoms with van der Waals surface area (Å²) in [6, 6.07) is 10.9. The Kier molecular flexibility index (Phi) is 4.20. The maximum atomic E-state index is 10.4. The SMILES string of the molecule is O=C(O)CCC(O)c1ccc(-c2cccnn2)cc1. The number of aliphatic hydroxyl groups is 1. The van der Waals surface area contributed by atoms with Crippen molar-refractivity contribution in [3.8, 4) is 11.3 Å². The summed E-state index contributed by atoms with van der Waals surface area (Å²) in [7, 11) is 0. The van der Waals surface area contributed by atoms with Gasteiger partial charge < -0.3 is 10.2 Å². The van der Waals surface area contributed by atoms with Crippen molar-refractivity contribution in [2.75, 3.05) is 0 Å². The number of hydrogen-bond donors (Lipinski definition) is 2. The molecule has 98 valence electrons. The molecule has 2 N–H and O–H groups in total. The van der Waals surface area contributed by atoms with Crippen molar-refractivity contribution in [3.05, 3.63) is 48.2 Å². The van der Waals surface area contributed by atoms with Gasteiger partial charge in [-0.25, -0.2) is 0 Å². The third kappa shape index (κ3) is 3.59. The number of aliphatic carboxylic acids is 1. The lowest BCUT2D eigenvalue weighted by molar-refractivity contribution is -0.137. The van der Waals surface area contributed by atoms with Gasteiger partial charge in [0.05, 0.1) is 11.8 Å². The number of carbonyl (C=O) groups is 1. The van der Waals surface area contributed by atoms with Crippen LogP contribution in [0.4, 0.5) is 0 Å². The van der Waals surface area contributed by atoms with Crippen LogP contribution in [-0.4, -0.2) is 26.4 Å². The lowest BCUT2D eigenvalue weighted by Gasteiger charge is -2.10. The van der Waals surface area contributed by atoms with Crippen LogP contribution in [-0.2, 0) is 4.79 Å². The van der Waals surface area contributed by atoms with Crippen molar-refractivity contribution >= 4 is 5.97 Å². The molecule has 1 aromatic carbocycles. The molecule has 1 unspecified atom stereocenters. The average molecular weight is 258 g/mol. The number of carboxylic acids is 1. The highest BCUT2D eigenvalue weighted by molar-refractivity contribution is 5.66. The molecule has 0 fully saturated rings. The topological polar surface area (TPSA) is 83.3 Å². The lowest BCUT2D eigenvalue weighted by Crippen LogP contribution is -2.02. The molecule has 19 heavy (non-hydrogen) atoms. The van der Waals surface area contributed by atoms with E-state index < -0.39 is 12.1 Å². The summed E-state index contributed by atoms with van der Waals surface area (Å²) in [5, 5.41) is 26.2. The summed E-state index contributed by atoms with van der Waals surface area (Å²) in [5.74, 6) is -0.907. The first-order valence-electron chi connectivity index (χ1n) is 5.94. The number of aromatic nitrogens is 2. The van der Waals surface area contributed by atoms with Crippen LogP contribution in [0.1, 0.15) is 24.5 Å². The molecule has 0 radical (unpaired) electrons. The highest BCUT2D eigenvalue weighted by atomic mass is 16.4. The number of aliphatic hydroxyl groups excluding tert-OH is 1. The van der Waals surface area contributed by atoms with E-state index >= 15 is 0 Å². The van der Waals surface area contributed by atoms with E-state index in [1.54, 1.807) is 24.4 Å². The van der Waals surface area contributed by atoms with Crippen LogP contribution in [0.25, 0.3) is 11.3 Å². The van der Waals surface area contributed by atoms with Crippen molar-refractivity contribution < 1.29 is 15.0 Å². The fourth-order valence-electron chi connectivity index (χ4n) is 1.76. The number of carboxylic acid groups (broad SMARTS) is 1. The van der Waals surface area contributed by atoms with E-state index in [9.17, 15) is 9.90 Å². The number of nitrogens with zero attached hydrogens (tertiary/aromatic N) is 2. The molecule has 0 aliphatic rings. The molecule has 0 aliphatic carbocycles. The fourth-order valence-corrected chi connectivity index (χ4v) is 1.76. The van der Waals surface area contributed by atoms with Gasteiger partial charge in [0, 0.05) is 18.2 Å². The van der Waals surface area contributed by atoms with Gasteiger partial charge in [-0.2, -0.15) is 10.2 Å². The maximum absolute atomic E-state index is 10.4. The number of hydrogen-bond acceptors (Lipinski definition) is 4. The van der Waals surface area contributed by atoms with Crippen LogP contribution in [0.3, 0.4) is 0 Å². The van der Waals surface area contributed by atoms with Gasteiger partial charge in [-0.15, -0.1) is 0 Å². The van der Waals surface area contributed by atoms with Gasteiger partial charge in [0.1, 0.15) is 0 Å². The minimum Gasteiger partial charge on any atom is -0.481 e. The Morgan fingerprint density at radius 3 is 2.53 bits per heavy atom. The molecule has 0 bridgehead atoms. The van der Waals surface area contributed by atoms with Crippen LogP contribution in [0.2, 0.25) is 0 Å². The molecular formula is C14H14N2O3. The summed E-state index contributed by atoms with van der Waals surface area (Å²) in [6.07, 6.45) is 1.01. The monoisotopic (exact) mass is 258 g/mol. The molecule has 2 aromatic rings. The average Bonchev–Trinajstić information content (AvgIpc) is 2.46. The molecule has 0 aliphatic heterocycles. The molecule has 1 atom stereocenters. The van der Waals surface area contributed by atoms with E-state index in [1.165, 1.54) is 0 Å². The molecule has 0 spiro atoms. The number of rotatable bonds is 5. The van der Waals surface area contributed by atoms with Gasteiger partial charge in [-0.05, 0) is 24.1 Å². The van der Waals surface area contributed by atoms with Crippen molar-refractivity contribution in [2.24, 2.45) is 0 Å². The van der Waals surface area contributed by atoms with Crippen LogP contribution in [0.5, 0.6) is 0 Å². The highest BCUT2D eigenvalue weighted by Crippen LogP contribution is 2.22.